The van der Waals surface area contributed by atoms with Crippen LogP contribution in [0.2, 0.25) is 0 Å². The molecule has 3 aromatic rings. The highest BCUT2D eigenvalue weighted by molar-refractivity contribution is 5.82. The largest absolute Gasteiger partial charge is 0.481 e. The normalized spacial score (nSPS) is 13.5. The Balaban J connectivity index is 2.28. The van der Waals surface area contributed by atoms with Crippen LogP contribution in [0.25, 0.3) is 11.1 Å². The zero-order valence-corrected chi connectivity index (χ0v) is 30.0. The van der Waals surface area contributed by atoms with E-state index in [0.29, 0.717) is 41.9 Å². The Morgan fingerprint density at radius 2 is 1.44 bits per heavy atom. The monoisotopic (exact) mass is 745 g/mol. The number of carboxylic acids is 1. The molecule has 2 aromatic carbocycles. The van der Waals surface area contributed by atoms with Gasteiger partial charge in [0.25, 0.3) is 5.56 Å². The average Bonchev–Trinajstić information content (AvgIpc) is 3.00. The molecule has 0 radical (unpaired) electrons. The number of alkyl halides is 6. The van der Waals surface area contributed by atoms with Crippen LogP contribution in [0.5, 0.6) is 0 Å². The number of carboxylic acid groups (broad SMARTS) is 1. The van der Waals surface area contributed by atoms with Gasteiger partial charge in [0.2, 0.25) is 5.91 Å². The van der Waals surface area contributed by atoms with Crippen LogP contribution in [0, 0.1) is 38.3 Å². The number of carbonyl (C=O) groups is 2. The number of hydrogen-bond donors (Lipinski definition) is 2. The Morgan fingerprint density at radius 3 is 1.92 bits per heavy atom. The summed E-state index contributed by atoms with van der Waals surface area (Å²) in [6.07, 6.45) is -11.1. The Bertz CT molecular complexity index is 1820. The van der Waals surface area contributed by atoms with Crippen LogP contribution in [0.4, 0.5) is 35.1 Å². The zero-order valence-electron chi connectivity index (χ0n) is 30.0. The average molecular weight is 746 g/mol. The Labute approximate surface area is 296 Å². The third-order valence-corrected chi connectivity index (χ3v) is 8.92. The van der Waals surface area contributed by atoms with Crippen molar-refractivity contribution < 1.29 is 49.8 Å². The highest BCUT2D eigenvalue weighted by atomic mass is 19.4. The number of carbonyl (C=O) groups excluding carboxylic acids is 1. The molecule has 1 unspecified atom stereocenters. The van der Waals surface area contributed by atoms with E-state index < -0.39 is 88.1 Å². The molecular formula is C37H43F8N3O4. The van der Waals surface area contributed by atoms with Crippen molar-refractivity contribution in [1.29, 1.82) is 0 Å². The third-order valence-electron chi connectivity index (χ3n) is 8.92. The lowest BCUT2D eigenvalue weighted by atomic mass is 9.88. The first-order chi connectivity index (χ1) is 24.0. The lowest BCUT2D eigenvalue weighted by Gasteiger charge is -2.28. The van der Waals surface area contributed by atoms with Gasteiger partial charge in [-0.15, -0.1) is 0 Å². The number of aromatic nitrogens is 1. The van der Waals surface area contributed by atoms with Crippen LogP contribution >= 0.6 is 0 Å². The first-order valence-corrected chi connectivity index (χ1v) is 16.8. The van der Waals surface area contributed by atoms with E-state index in [2.05, 4.69) is 5.32 Å². The van der Waals surface area contributed by atoms with Crippen molar-refractivity contribution in [3.63, 3.8) is 0 Å². The minimum atomic E-state index is -5.37. The van der Waals surface area contributed by atoms with Gasteiger partial charge in [-0.25, -0.2) is 8.78 Å². The molecule has 1 heterocycles. The first kappa shape index (κ1) is 42.1. The number of nitrogens with one attached hydrogen (secondary N) is 1. The molecule has 15 heteroatoms. The van der Waals surface area contributed by atoms with E-state index in [1.807, 2.05) is 18.7 Å². The minimum Gasteiger partial charge on any atom is -0.481 e. The van der Waals surface area contributed by atoms with Crippen LogP contribution in [-0.2, 0) is 28.4 Å². The van der Waals surface area contributed by atoms with Gasteiger partial charge in [-0.05, 0) is 80.9 Å². The standard InChI is InChI=1S/C37H43F8N3O4/c1-8-47(9-2)11-10-23-18-48(29(49)16-25(23)36(40,41)42)28(12-19(3)4)35(52)46-27(17-30(50)51)32-33(38)24(15-26(34(32)39)37(43,44)45)31-21(6)13-20(5)14-22(31)7/h13-16,18-19,27-28H,8-12,17H2,1-7H3,(H,46,52)(H,50,51)/t27-,28?/m0/s1. The maximum absolute atomic E-state index is 16.5. The van der Waals surface area contributed by atoms with E-state index in [-0.39, 0.29) is 30.5 Å². The predicted octanol–water partition coefficient (Wildman–Crippen LogP) is 8.56. The third kappa shape index (κ3) is 9.78. The van der Waals surface area contributed by atoms with E-state index in [9.17, 15) is 45.8 Å². The van der Waals surface area contributed by atoms with Gasteiger partial charge in [0, 0.05) is 29.9 Å². The number of hydrogen-bond acceptors (Lipinski definition) is 4. The molecule has 52 heavy (non-hydrogen) atoms. The fourth-order valence-electron chi connectivity index (χ4n) is 6.53. The van der Waals surface area contributed by atoms with Gasteiger partial charge in [0.05, 0.1) is 23.6 Å². The highest BCUT2D eigenvalue weighted by Gasteiger charge is 2.41. The van der Waals surface area contributed by atoms with Gasteiger partial charge < -0.3 is 19.9 Å². The van der Waals surface area contributed by atoms with E-state index >= 15 is 8.78 Å². The summed E-state index contributed by atoms with van der Waals surface area (Å²) >= 11 is 0. The molecule has 0 spiro atoms. The lowest BCUT2D eigenvalue weighted by Crippen LogP contribution is -2.41. The van der Waals surface area contributed by atoms with Crippen LogP contribution < -0.4 is 10.9 Å². The smallest absolute Gasteiger partial charge is 0.419 e. The van der Waals surface area contributed by atoms with E-state index in [1.54, 1.807) is 32.9 Å². The number of pyridine rings is 1. The molecule has 0 fully saturated rings. The maximum atomic E-state index is 16.5. The van der Waals surface area contributed by atoms with Gasteiger partial charge >= 0.3 is 18.3 Å². The predicted molar refractivity (Wildman–Crippen MR) is 180 cm³/mol. The first-order valence-electron chi connectivity index (χ1n) is 16.8. The number of aliphatic carboxylic acids is 1. The molecule has 0 saturated carbocycles. The molecule has 7 nitrogen and oxygen atoms in total. The fraction of sp³-hybridized carbons (Fsp3) is 0.486. The number of rotatable bonds is 14. The Kier molecular flexibility index (Phi) is 13.5. The molecule has 0 saturated heterocycles. The van der Waals surface area contributed by atoms with Crippen molar-refractivity contribution in [2.75, 3.05) is 19.6 Å². The molecule has 0 aliphatic carbocycles. The second-order valence-corrected chi connectivity index (χ2v) is 13.3. The number of aryl methyl sites for hydroxylation is 3. The summed E-state index contributed by atoms with van der Waals surface area (Å²) in [5, 5.41) is 11.9. The van der Waals surface area contributed by atoms with Crippen LogP contribution in [0.15, 0.2) is 35.3 Å². The van der Waals surface area contributed by atoms with Crippen LogP contribution in [0.1, 0.15) is 91.6 Å². The number of nitrogens with zero attached hydrogens (tertiary/aromatic N) is 2. The van der Waals surface area contributed by atoms with Gasteiger partial charge in [-0.1, -0.05) is 45.4 Å². The van der Waals surface area contributed by atoms with Gasteiger partial charge in [-0.3, -0.25) is 14.4 Å². The molecule has 1 amide bonds. The molecule has 1 aromatic heterocycles. The summed E-state index contributed by atoms with van der Waals surface area (Å²) in [7, 11) is 0. The zero-order chi connectivity index (χ0) is 39.5. The summed E-state index contributed by atoms with van der Waals surface area (Å²) < 4.78 is 118. The van der Waals surface area contributed by atoms with Crippen molar-refractivity contribution in [1.82, 2.24) is 14.8 Å². The molecule has 0 aliphatic rings. The molecule has 2 atom stereocenters. The van der Waals surface area contributed by atoms with Crippen molar-refractivity contribution in [3.8, 4) is 11.1 Å². The van der Waals surface area contributed by atoms with Gasteiger partial charge in [-0.2, -0.15) is 26.3 Å². The number of amides is 1. The molecule has 0 aliphatic heterocycles. The molecular weight excluding hydrogens is 702 g/mol. The van der Waals surface area contributed by atoms with Crippen LogP contribution in [0.3, 0.4) is 0 Å². The molecule has 286 valence electrons. The Morgan fingerprint density at radius 1 is 0.885 bits per heavy atom. The molecule has 2 N–H and O–H groups in total. The van der Waals surface area contributed by atoms with Gasteiger partial charge in [0.1, 0.15) is 17.7 Å². The summed E-state index contributed by atoms with van der Waals surface area (Å²) in [5.74, 6) is -7.08. The number of halogens is 8. The number of likely N-dealkylation sites (N-methyl/N-ethyl adjacent to an activating group) is 1. The van der Waals surface area contributed by atoms with Crippen molar-refractivity contribution >= 4 is 11.9 Å². The molecule has 3 rings (SSSR count). The van der Waals surface area contributed by atoms with Crippen molar-refractivity contribution in [2.24, 2.45) is 5.92 Å². The fourth-order valence-corrected chi connectivity index (χ4v) is 6.53. The Hall–Kier alpha value is -4.27. The number of benzene rings is 2. The summed E-state index contributed by atoms with van der Waals surface area (Å²) in [5.41, 5.74) is -5.32. The second kappa shape index (κ2) is 16.6. The quantitative estimate of drug-likeness (QED) is 0.162. The topological polar surface area (TPSA) is 91.6 Å². The van der Waals surface area contributed by atoms with Crippen molar-refractivity contribution in [2.45, 2.75) is 92.2 Å². The minimum absolute atomic E-state index is 0.00137. The molecule has 0 bridgehead atoms. The van der Waals surface area contributed by atoms with E-state index in [1.165, 1.54) is 13.8 Å². The SMILES string of the molecule is CCN(CC)CCc1cn(C(CC(C)C)C(=O)N[C@@H](CC(=O)O)c2c(F)c(-c3c(C)cc(C)cc3C)cc(C(F)(F)F)c2F)c(=O)cc1C(F)(F)F. The van der Waals surface area contributed by atoms with E-state index in [0.717, 1.165) is 10.8 Å². The maximum Gasteiger partial charge on any atom is 0.419 e. The van der Waals surface area contributed by atoms with E-state index in [4.69, 9.17) is 0 Å². The summed E-state index contributed by atoms with van der Waals surface area (Å²) in [6, 6.07) is -0.0962. The second-order valence-electron chi connectivity index (χ2n) is 13.3. The summed E-state index contributed by atoms with van der Waals surface area (Å²) in [4.78, 5) is 41.1. The summed E-state index contributed by atoms with van der Waals surface area (Å²) in [6.45, 7) is 12.8. The van der Waals surface area contributed by atoms with Crippen LogP contribution in [-0.4, -0.2) is 46.1 Å². The lowest BCUT2D eigenvalue weighted by molar-refractivity contribution is -0.140. The van der Waals surface area contributed by atoms with Crippen molar-refractivity contribution in [3.05, 3.63) is 91.4 Å². The van der Waals surface area contributed by atoms with Gasteiger partial charge in [0.15, 0.2) is 0 Å². The highest BCUT2D eigenvalue weighted by Crippen LogP contribution is 2.42.